The van der Waals surface area contributed by atoms with Crippen LogP contribution in [0.1, 0.15) is 27.4 Å². The largest absolute Gasteiger partial charge is 0.292 e. The molecule has 0 saturated carbocycles. The van der Waals surface area contributed by atoms with Gasteiger partial charge in [-0.2, -0.15) is 5.26 Å². The van der Waals surface area contributed by atoms with Crippen LogP contribution < -0.4 is 0 Å². The minimum atomic E-state index is -1.04. The Morgan fingerprint density at radius 3 is 2.65 bits per heavy atom. The summed E-state index contributed by atoms with van der Waals surface area (Å²) in [5, 5.41) is 9.11. The first-order valence-electron chi connectivity index (χ1n) is 5.99. The minimum Gasteiger partial charge on any atom is -0.292 e. The molecule has 100 valence electrons. The Labute approximate surface area is 121 Å². The maximum absolute atomic E-state index is 13.9. The van der Waals surface area contributed by atoms with Gasteiger partial charge in [0.25, 0.3) is 0 Å². The quantitative estimate of drug-likeness (QED) is 0.791. The van der Waals surface area contributed by atoms with Crippen molar-refractivity contribution in [2.45, 2.75) is 12.8 Å². The van der Waals surface area contributed by atoms with E-state index >= 15 is 0 Å². The van der Waals surface area contributed by atoms with Gasteiger partial charge in [0.05, 0.1) is 16.7 Å². The predicted molar refractivity (Wildman–Crippen MR) is 75.3 cm³/mol. The Balaban J connectivity index is 2.45. The summed E-state index contributed by atoms with van der Waals surface area (Å²) >= 11 is 5.67. The van der Waals surface area contributed by atoms with Crippen molar-refractivity contribution in [3.05, 3.63) is 70.0 Å². The molecule has 2 rings (SSSR count). The Hall–Kier alpha value is -2.18. The van der Waals surface area contributed by atoms with E-state index in [1.165, 1.54) is 18.2 Å². The first kappa shape index (κ1) is 14.2. The summed E-state index contributed by atoms with van der Waals surface area (Å²) in [5.41, 5.74) is 1.32. The van der Waals surface area contributed by atoms with Crippen LogP contribution in [0.2, 0.25) is 5.02 Å². The van der Waals surface area contributed by atoms with Crippen molar-refractivity contribution in [3.8, 4) is 6.07 Å². The molecule has 1 atom stereocenters. The number of nitriles is 1. The topological polar surface area (TPSA) is 40.9 Å². The van der Waals surface area contributed by atoms with Crippen LogP contribution in [-0.4, -0.2) is 5.78 Å². The van der Waals surface area contributed by atoms with E-state index in [9.17, 15) is 14.4 Å². The van der Waals surface area contributed by atoms with Crippen molar-refractivity contribution in [1.82, 2.24) is 0 Å². The van der Waals surface area contributed by atoms with Crippen molar-refractivity contribution in [2.24, 2.45) is 0 Å². The molecule has 0 aliphatic heterocycles. The summed E-state index contributed by atoms with van der Waals surface area (Å²) in [6.07, 6.45) is 0. The van der Waals surface area contributed by atoms with E-state index in [0.29, 0.717) is 5.56 Å². The molecule has 0 aromatic heterocycles. The van der Waals surface area contributed by atoms with Gasteiger partial charge in [-0.05, 0) is 24.6 Å². The van der Waals surface area contributed by atoms with Crippen molar-refractivity contribution in [3.63, 3.8) is 0 Å². The lowest BCUT2D eigenvalue weighted by Gasteiger charge is -2.10. The van der Waals surface area contributed by atoms with E-state index in [-0.39, 0.29) is 10.6 Å². The monoisotopic (exact) mass is 287 g/mol. The van der Waals surface area contributed by atoms with E-state index < -0.39 is 17.5 Å². The van der Waals surface area contributed by atoms with Crippen LogP contribution in [0.15, 0.2) is 42.5 Å². The van der Waals surface area contributed by atoms with Gasteiger partial charge >= 0.3 is 0 Å². The van der Waals surface area contributed by atoms with Crippen molar-refractivity contribution in [2.75, 3.05) is 0 Å². The zero-order valence-electron chi connectivity index (χ0n) is 10.7. The average Bonchev–Trinajstić information content (AvgIpc) is 2.42. The lowest BCUT2D eigenvalue weighted by molar-refractivity contribution is 0.0975. The van der Waals surface area contributed by atoms with Gasteiger partial charge in [-0.1, -0.05) is 47.5 Å². The minimum absolute atomic E-state index is 0.128. The molecule has 20 heavy (non-hydrogen) atoms. The van der Waals surface area contributed by atoms with E-state index in [1.807, 2.05) is 19.1 Å². The highest BCUT2D eigenvalue weighted by molar-refractivity contribution is 6.31. The number of benzene rings is 2. The molecular weight excluding hydrogens is 277 g/mol. The maximum Gasteiger partial charge on any atom is 0.187 e. The zero-order valence-corrected chi connectivity index (χ0v) is 11.5. The summed E-state index contributed by atoms with van der Waals surface area (Å²) in [6, 6.07) is 13.2. The Morgan fingerprint density at radius 2 is 2.00 bits per heavy atom. The fourth-order valence-corrected chi connectivity index (χ4v) is 2.16. The predicted octanol–water partition coefficient (Wildman–Crippen LogP) is 4.28. The second-order valence-corrected chi connectivity index (χ2v) is 4.85. The molecule has 0 N–H and O–H groups in total. The maximum atomic E-state index is 13.9. The fraction of sp³-hybridized carbons (Fsp3) is 0.125. The summed E-state index contributed by atoms with van der Waals surface area (Å²) in [5.74, 6) is -2.41. The van der Waals surface area contributed by atoms with Crippen LogP contribution >= 0.6 is 11.6 Å². The van der Waals surface area contributed by atoms with E-state index in [0.717, 1.165) is 5.56 Å². The molecule has 0 heterocycles. The molecule has 4 heteroatoms. The number of ketones is 1. The number of aryl methyl sites for hydroxylation is 1. The summed E-state index contributed by atoms with van der Waals surface area (Å²) in [6.45, 7) is 1.86. The highest BCUT2D eigenvalue weighted by Crippen LogP contribution is 2.25. The second-order valence-electron chi connectivity index (χ2n) is 4.44. The fourth-order valence-electron chi connectivity index (χ4n) is 1.98. The molecule has 0 amide bonds. The standard InChI is InChI=1S/C16H11ClFNO/c1-10-4-2-5-11(8-10)13(9-19)16(20)12-6-3-7-14(17)15(12)18/h2-8,13H,1H3. The molecule has 1 unspecified atom stereocenters. The number of rotatable bonds is 3. The number of hydrogen-bond donors (Lipinski definition) is 0. The van der Waals surface area contributed by atoms with Crippen LogP contribution in [0.5, 0.6) is 0 Å². The molecule has 0 spiro atoms. The third-order valence-corrected chi connectivity index (χ3v) is 3.28. The van der Waals surface area contributed by atoms with Crippen LogP contribution in [0.3, 0.4) is 0 Å². The van der Waals surface area contributed by atoms with Gasteiger partial charge in [-0.25, -0.2) is 4.39 Å². The molecule has 2 aromatic carbocycles. The normalized spacial score (nSPS) is 11.7. The van der Waals surface area contributed by atoms with Gasteiger partial charge in [0.15, 0.2) is 11.6 Å². The Kier molecular flexibility index (Phi) is 4.16. The Bertz CT molecular complexity index is 706. The smallest absolute Gasteiger partial charge is 0.187 e. The van der Waals surface area contributed by atoms with Gasteiger partial charge in [-0.15, -0.1) is 0 Å². The molecule has 0 aliphatic rings. The molecular formula is C16H11ClFNO. The molecule has 0 aliphatic carbocycles. The lowest BCUT2D eigenvalue weighted by atomic mass is 9.91. The molecule has 0 saturated heterocycles. The van der Waals surface area contributed by atoms with Crippen LogP contribution in [0, 0.1) is 24.1 Å². The number of halogens is 2. The number of Topliss-reactive ketones (excluding diaryl/α,β-unsaturated/α-hetero) is 1. The molecule has 0 radical (unpaired) electrons. The summed E-state index contributed by atoms with van der Waals surface area (Å²) in [4.78, 5) is 12.3. The van der Waals surface area contributed by atoms with Crippen LogP contribution in [0.4, 0.5) is 4.39 Å². The van der Waals surface area contributed by atoms with E-state index in [2.05, 4.69) is 0 Å². The van der Waals surface area contributed by atoms with Gasteiger partial charge in [0, 0.05) is 0 Å². The van der Waals surface area contributed by atoms with Gasteiger partial charge in [0.1, 0.15) is 5.92 Å². The van der Waals surface area contributed by atoms with Crippen LogP contribution in [0.25, 0.3) is 0 Å². The number of carbonyl (C=O) groups is 1. The zero-order chi connectivity index (χ0) is 14.7. The molecule has 2 aromatic rings. The van der Waals surface area contributed by atoms with E-state index in [4.69, 9.17) is 11.6 Å². The van der Waals surface area contributed by atoms with E-state index in [1.54, 1.807) is 18.2 Å². The first-order chi connectivity index (χ1) is 9.54. The summed E-state index contributed by atoms with van der Waals surface area (Å²) in [7, 11) is 0. The van der Waals surface area contributed by atoms with Gasteiger partial charge < -0.3 is 0 Å². The van der Waals surface area contributed by atoms with Gasteiger partial charge in [-0.3, -0.25) is 4.79 Å². The third-order valence-electron chi connectivity index (χ3n) is 2.98. The number of carbonyl (C=O) groups excluding carboxylic acids is 1. The number of hydrogen-bond acceptors (Lipinski definition) is 2. The molecule has 0 bridgehead atoms. The van der Waals surface area contributed by atoms with Gasteiger partial charge in [0.2, 0.25) is 0 Å². The molecule has 0 fully saturated rings. The van der Waals surface area contributed by atoms with Crippen molar-refractivity contribution in [1.29, 1.82) is 5.26 Å². The number of nitrogens with zero attached hydrogens (tertiary/aromatic N) is 1. The second kappa shape index (κ2) is 5.85. The first-order valence-corrected chi connectivity index (χ1v) is 6.37. The SMILES string of the molecule is Cc1cccc(C(C#N)C(=O)c2cccc(Cl)c2F)c1. The highest BCUT2D eigenvalue weighted by atomic mass is 35.5. The average molecular weight is 288 g/mol. The van der Waals surface area contributed by atoms with Crippen molar-refractivity contribution < 1.29 is 9.18 Å². The van der Waals surface area contributed by atoms with Crippen LogP contribution in [-0.2, 0) is 0 Å². The Morgan fingerprint density at radius 1 is 1.30 bits per heavy atom. The molecule has 2 nitrogen and oxygen atoms in total. The lowest BCUT2D eigenvalue weighted by Crippen LogP contribution is -2.13. The third kappa shape index (κ3) is 2.71. The summed E-state index contributed by atoms with van der Waals surface area (Å²) < 4.78 is 13.9. The van der Waals surface area contributed by atoms with Crippen molar-refractivity contribution >= 4 is 17.4 Å². The highest BCUT2D eigenvalue weighted by Gasteiger charge is 2.25.